The zero-order valence-electron chi connectivity index (χ0n) is 40.0. The highest BCUT2D eigenvalue weighted by molar-refractivity contribution is 7.73. The van der Waals surface area contributed by atoms with Gasteiger partial charge in [-0.05, 0) is 93.0 Å². The van der Waals surface area contributed by atoms with Gasteiger partial charge >= 0.3 is 36.2 Å². The van der Waals surface area contributed by atoms with Crippen LogP contribution < -0.4 is 21.2 Å². The van der Waals surface area contributed by atoms with Crippen molar-refractivity contribution in [3.63, 3.8) is 0 Å². The van der Waals surface area contributed by atoms with Crippen molar-refractivity contribution < 1.29 is 56.1 Å². The van der Waals surface area contributed by atoms with Gasteiger partial charge in [-0.3, -0.25) is 0 Å². The average Bonchev–Trinajstić information content (AvgIpc) is 3.33. The highest BCUT2D eigenvalue weighted by atomic mass is 31.1. The average molecular weight is 1090 g/mol. The van der Waals surface area contributed by atoms with Crippen molar-refractivity contribution >= 4 is 109 Å². The summed E-state index contributed by atoms with van der Waals surface area (Å²) in [6.45, 7) is 8.11. The molecule has 0 fully saturated rings. The lowest BCUT2D eigenvalue weighted by atomic mass is 10.3. The van der Waals surface area contributed by atoms with Gasteiger partial charge in [-0.25, -0.2) is 0 Å². The minimum Gasteiger partial charge on any atom is -0.496 e. The fourth-order valence-corrected chi connectivity index (χ4v) is 33.7. The molecule has 0 aliphatic carbocycles. The summed E-state index contributed by atoms with van der Waals surface area (Å²) in [4.78, 5) is 23.7. The molecule has 4 rings (SSSR count). The Morgan fingerprint density at radius 2 is 0.910 bits per heavy atom. The van der Waals surface area contributed by atoms with Gasteiger partial charge in [0.1, 0.15) is 0 Å². The van der Waals surface area contributed by atoms with Gasteiger partial charge in [0.15, 0.2) is 17.4 Å². The molecule has 3 unspecified atom stereocenters. The number of rotatable bonds is 32. The van der Waals surface area contributed by atoms with E-state index in [1.165, 1.54) is 49.7 Å². The number of unbranched alkanes of at least 4 members (excludes halogenated alkanes) is 3. The van der Waals surface area contributed by atoms with E-state index in [0.717, 1.165) is 50.5 Å². The van der Waals surface area contributed by atoms with Crippen LogP contribution in [0.25, 0.3) is 0 Å². The SMILES string of the molecule is C#[Si]O[Si](OC)(O[SiH](CCCCP(c1ccccc1)c1ccccc1)C(C)C)O[Si@](O)(OC)O[Si](O[Si]#C)(O[Si](C)(C)CCCCCP(c1ccccc1)c1ccccc1)O[Si](O)(OC)OC. The normalized spacial score (nSPS) is 15.3. The molecule has 0 aromatic heterocycles. The number of hydrogen-bond acceptors (Lipinski definition) is 13. The Morgan fingerprint density at radius 3 is 1.30 bits per heavy atom. The Balaban J connectivity index is 1.52. The van der Waals surface area contributed by atoms with Crippen LogP contribution in [0, 0.1) is 12.0 Å². The lowest BCUT2D eigenvalue weighted by Gasteiger charge is -2.40. The first-order chi connectivity index (χ1) is 32.1. The van der Waals surface area contributed by atoms with Crippen LogP contribution >= 0.6 is 15.8 Å². The quantitative estimate of drug-likeness (QED) is 0.0318. The first kappa shape index (κ1) is 57.8. The van der Waals surface area contributed by atoms with Crippen molar-refractivity contribution in [1.29, 1.82) is 0 Å². The molecule has 0 radical (unpaired) electrons. The fraction of sp³-hybridized carbons (Fsp3) is 0.409. The van der Waals surface area contributed by atoms with Crippen LogP contribution in [0.15, 0.2) is 121 Å². The molecule has 0 spiro atoms. The van der Waals surface area contributed by atoms with Gasteiger partial charge in [0, 0.05) is 28.4 Å². The second kappa shape index (κ2) is 28.9. The smallest absolute Gasteiger partial charge is 0.496 e. The summed E-state index contributed by atoms with van der Waals surface area (Å²) in [5.74, 6) is 0. The Morgan fingerprint density at radius 1 is 0.522 bits per heavy atom. The summed E-state index contributed by atoms with van der Waals surface area (Å²) in [7, 11) is -21.3. The second-order valence-electron chi connectivity index (χ2n) is 16.3. The fourth-order valence-electron chi connectivity index (χ4n) is 7.18. The van der Waals surface area contributed by atoms with Gasteiger partial charge in [0.2, 0.25) is 18.4 Å². The molecule has 0 bridgehead atoms. The van der Waals surface area contributed by atoms with Gasteiger partial charge in [-0.2, -0.15) is 0 Å². The third-order valence-corrected chi connectivity index (χ3v) is 36.5. The molecule has 364 valence electrons. The first-order valence-corrected chi connectivity index (χ1v) is 39.0. The van der Waals surface area contributed by atoms with Crippen molar-refractivity contribution in [3.05, 3.63) is 121 Å². The van der Waals surface area contributed by atoms with E-state index in [1.54, 1.807) is 0 Å². The zero-order valence-corrected chi connectivity index (χ0v) is 49.9. The van der Waals surface area contributed by atoms with Gasteiger partial charge in [0.25, 0.3) is 0 Å². The second-order valence-corrected chi connectivity index (χ2v) is 40.0. The Labute approximate surface area is 413 Å². The monoisotopic (exact) mass is 1090 g/mol. The summed E-state index contributed by atoms with van der Waals surface area (Å²) in [5.41, 5.74) is 0.111. The highest BCUT2D eigenvalue weighted by Gasteiger charge is 2.69. The minimum atomic E-state index is -5.05. The molecule has 4 atom stereocenters. The standard InChI is InChI=1S/C44H68O13P2Si8/c1-40(2)62(38-26-25-37-59(43-32-20-13-21-33-43)44-34-22-14-23-35-44)53-66(50-6,51-60-7)56-65(46,49-5)57-67(52-61-8,55-64(45,47-3)48-4)54-63(9,10)39-27-15-24-36-58(41-28-16-11-17-29-41)42-30-18-12-19-31-42/h7-8,11-14,16-23,28-35,40,45-46,62H,15,24-27,36-39H2,1-6,9-10H3/t62?,65-,66?,67?/m0/s1. The molecular weight excluding hydrogens is 1020 g/mol. The van der Waals surface area contributed by atoms with Crippen LogP contribution in [0.4, 0.5) is 0 Å². The van der Waals surface area contributed by atoms with Gasteiger partial charge < -0.3 is 56.1 Å². The Hall–Kier alpha value is -1.80. The van der Waals surface area contributed by atoms with E-state index in [1.807, 2.05) is 37.4 Å². The maximum atomic E-state index is 12.3. The van der Waals surface area contributed by atoms with E-state index in [2.05, 4.69) is 111 Å². The molecule has 23 heteroatoms. The molecule has 0 amide bonds. The molecule has 0 heterocycles. The molecule has 0 saturated carbocycles. The van der Waals surface area contributed by atoms with Crippen LogP contribution in [0.5, 0.6) is 0 Å². The molecule has 67 heavy (non-hydrogen) atoms. The lowest BCUT2D eigenvalue weighted by Crippen LogP contribution is -2.70. The first-order valence-electron chi connectivity index (χ1n) is 22.3. The molecule has 13 nitrogen and oxygen atoms in total. The molecule has 4 aromatic carbocycles. The molecule has 4 aromatic rings. The molecule has 0 aliphatic rings. The van der Waals surface area contributed by atoms with Crippen LogP contribution in [0.3, 0.4) is 0 Å². The predicted molar refractivity (Wildman–Crippen MR) is 285 cm³/mol. The number of hydrogen-bond donors (Lipinski definition) is 2. The van der Waals surface area contributed by atoms with Crippen LogP contribution in [0.2, 0.25) is 30.7 Å². The van der Waals surface area contributed by atoms with E-state index in [4.69, 9.17) is 58.5 Å². The van der Waals surface area contributed by atoms with Crippen molar-refractivity contribution in [2.24, 2.45) is 0 Å². The van der Waals surface area contributed by atoms with Crippen molar-refractivity contribution in [1.82, 2.24) is 0 Å². The molecule has 2 N–H and O–H groups in total. The Kier molecular flexibility index (Phi) is 24.9. The zero-order chi connectivity index (χ0) is 48.8. The van der Waals surface area contributed by atoms with Crippen molar-refractivity contribution in [2.75, 3.05) is 40.8 Å². The third-order valence-electron chi connectivity index (χ3n) is 10.6. The maximum absolute atomic E-state index is 12.3. The van der Waals surface area contributed by atoms with Gasteiger partial charge in [-0.1, -0.05) is 154 Å². The summed E-state index contributed by atoms with van der Waals surface area (Å²) in [6.07, 6.45) is 6.63. The summed E-state index contributed by atoms with van der Waals surface area (Å²) < 4.78 is 66.5. The summed E-state index contributed by atoms with van der Waals surface area (Å²) in [6, 6.07) is 56.1. The molecule has 0 saturated heterocycles. The summed E-state index contributed by atoms with van der Waals surface area (Å²) in [5, 5.41) is 5.35. The molecule has 0 aliphatic heterocycles. The lowest BCUT2D eigenvalue weighted by molar-refractivity contribution is -0.0173. The van der Waals surface area contributed by atoms with Gasteiger partial charge in [-0.15, -0.1) is 12.0 Å². The predicted octanol–water partition coefficient (Wildman–Crippen LogP) is 6.39. The Bertz CT molecular complexity index is 2020. The van der Waals surface area contributed by atoms with Crippen molar-refractivity contribution in [3.8, 4) is 12.0 Å². The van der Waals surface area contributed by atoms with E-state index >= 15 is 0 Å². The minimum absolute atomic E-state index is 0.111. The van der Waals surface area contributed by atoms with Crippen LogP contribution in [-0.2, 0) is 46.5 Å². The van der Waals surface area contributed by atoms with E-state index in [-0.39, 0.29) is 5.54 Å². The summed E-state index contributed by atoms with van der Waals surface area (Å²) >= 11 is 0. The van der Waals surface area contributed by atoms with E-state index in [0.29, 0.717) is 6.04 Å². The van der Waals surface area contributed by atoms with E-state index in [9.17, 15) is 9.59 Å². The van der Waals surface area contributed by atoms with Crippen LogP contribution in [0.1, 0.15) is 46.0 Å². The highest BCUT2D eigenvalue weighted by Crippen LogP contribution is 2.37. The van der Waals surface area contributed by atoms with Gasteiger partial charge in [0.05, 0.1) is 0 Å². The topological polar surface area (TPSA) is 142 Å². The molecular formula is C44H68O13P2Si8. The van der Waals surface area contributed by atoms with E-state index < -0.39 is 87.8 Å². The number of benzene rings is 4. The largest absolute Gasteiger partial charge is 0.727 e. The third kappa shape index (κ3) is 18.7. The maximum Gasteiger partial charge on any atom is 0.727 e. The van der Waals surface area contributed by atoms with Crippen molar-refractivity contribution in [2.45, 2.75) is 76.7 Å². The van der Waals surface area contributed by atoms with Crippen LogP contribution in [-0.4, -0.2) is 122 Å².